The molecule has 1 fully saturated rings. The Labute approximate surface area is 152 Å². The van der Waals surface area contributed by atoms with Crippen molar-refractivity contribution >= 4 is 27.1 Å². The summed E-state index contributed by atoms with van der Waals surface area (Å²) < 4.78 is 26.5. The summed E-state index contributed by atoms with van der Waals surface area (Å²) in [5.41, 5.74) is 0.530. The van der Waals surface area contributed by atoms with Crippen molar-refractivity contribution in [3.8, 4) is 0 Å². The van der Waals surface area contributed by atoms with Gasteiger partial charge >= 0.3 is 0 Å². The average Bonchev–Trinajstić information content (AvgIpc) is 2.60. The molecule has 0 amide bonds. The van der Waals surface area contributed by atoms with E-state index in [9.17, 15) is 18.5 Å². The van der Waals surface area contributed by atoms with Crippen molar-refractivity contribution < 1.29 is 13.3 Å². The molecule has 2 aromatic carbocycles. The fourth-order valence-corrected chi connectivity index (χ4v) is 4.07. The molecule has 1 aliphatic rings. The topological polar surface area (TPSA) is 92.5 Å². The zero-order valence-corrected chi connectivity index (χ0v) is 15.3. The molecule has 2 aromatic rings. The minimum Gasteiger partial charge on any atom is -0.379 e. The van der Waals surface area contributed by atoms with Gasteiger partial charge < -0.3 is 5.32 Å². The van der Waals surface area contributed by atoms with Gasteiger partial charge in [0, 0.05) is 19.7 Å². The number of anilines is 2. The number of nitro benzene ring substituents is 1. The molecule has 0 heterocycles. The first-order valence-electron chi connectivity index (χ1n) is 8.46. The molecule has 1 saturated carbocycles. The van der Waals surface area contributed by atoms with Crippen LogP contribution >= 0.6 is 0 Å². The molecule has 0 unspecified atom stereocenters. The van der Waals surface area contributed by atoms with Crippen molar-refractivity contribution in [2.75, 3.05) is 23.2 Å². The van der Waals surface area contributed by atoms with Crippen molar-refractivity contribution in [2.45, 2.75) is 24.2 Å². The van der Waals surface area contributed by atoms with E-state index in [1.54, 1.807) is 30.3 Å². The van der Waals surface area contributed by atoms with E-state index in [2.05, 4.69) is 5.32 Å². The second-order valence-corrected chi connectivity index (χ2v) is 8.39. The summed E-state index contributed by atoms with van der Waals surface area (Å²) in [6.07, 6.45) is 3.48. The highest BCUT2D eigenvalue weighted by molar-refractivity contribution is 7.92. The summed E-state index contributed by atoms with van der Waals surface area (Å²) >= 11 is 0. The zero-order chi connectivity index (χ0) is 18.7. The van der Waals surface area contributed by atoms with Gasteiger partial charge in [0.05, 0.1) is 15.5 Å². The lowest BCUT2D eigenvalue weighted by atomic mass is 9.85. The monoisotopic (exact) mass is 375 g/mol. The van der Waals surface area contributed by atoms with Gasteiger partial charge in [-0.05, 0) is 43.0 Å². The zero-order valence-electron chi connectivity index (χ0n) is 14.5. The third-order valence-corrected chi connectivity index (χ3v) is 6.55. The maximum atomic E-state index is 12.7. The fourth-order valence-electron chi connectivity index (χ4n) is 2.86. The smallest absolute Gasteiger partial charge is 0.294 e. The van der Waals surface area contributed by atoms with E-state index in [0.717, 1.165) is 17.1 Å². The molecule has 0 bridgehead atoms. The Bertz CT molecular complexity index is 896. The van der Waals surface area contributed by atoms with Crippen molar-refractivity contribution in [1.82, 2.24) is 0 Å². The minimum atomic E-state index is -3.78. The number of rotatable bonds is 7. The Hall–Kier alpha value is -2.61. The van der Waals surface area contributed by atoms with Crippen LogP contribution in [-0.2, 0) is 10.0 Å². The Balaban J connectivity index is 1.87. The molecule has 0 saturated heterocycles. The number of hydrogen-bond acceptors (Lipinski definition) is 5. The highest BCUT2D eigenvalue weighted by Crippen LogP contribution is 2.33. The standard InChI is InChI=1S/C18H21N3O4S/c1-20(26(24,25)16-8-3-2-4-9-16)15-10-11-17(18(12-15)21(22)23)19-13-14-6-5-7-14/h2-4,8-12,14,19H,5-7,13H2,1H3. The first-order valence-corrected chi connectivity index (χ1v) is 9.90. The van der Waals surface area contributed by atoms with Gasteiger partial charge in [0.2, 0.25) is 0 Å². The molecule has 0 atom stereocenters. The van der Waals surface area contributed by atoms with E-state index < -0.39 is 14.9 Å². The molecule has 0 radical (unpaired) electrons. The molecule has 1 aliphatic carbocycles. The van der Waals surface area contributed by atoms with Gasteiger partial charge in [-0.2, -0.15) is 0 Å². The molecule has 0 aliphatic heterocycles. The van der Waals surface area contributed by atoms with Crippen molar-refractivity contribution in [3.63, 3.8) is 0 Å². The van der Waals surface area contributed by atoms with E-state index in [0.29, 0.717) is 18.2 Å². The number of benzene rings is 2. The minimum absolute atomic E-state index is 0.128. The molecule has 0 spiro atoms. The Morgan fingerprint density at radius 1 is 1.19 bits per heavy atom. The second-order valence-electron chi connectivity index (χ2n) is 6.42. The third-order valence-electron chi connectivity index (χ3n) is 4.75. The molecule has 8 heteroatoms. The second kappa shape index (κ2) is 7.33. The molecule has 1 N–H and O–H groups in total. The molecule has 138 valence electrons. The van der Waals surface area contributed by atoms with Crippen LogP contribution in [0, 0.1) is 16.0 Å². The molecule has 0 aromatic heterocycles. The number of sulfonamides is 1. The Morgan fingerprint density at radius 2 is 1.88 bits per heavy atom. The van der Waals surface area contributed by atoms with Crippen LogP contribution in [0.25, 0.3) is 0 Å². The van der Waals surface area contributed by atoms with Crippen LogP contribution in [0.1, 0.15) is 19.3 Å². The summed E-state index contributed by atoms with van der Waals surface area (Å²) in [6.45, 7) is 0.693. The number of hydrogen-bond donors (Lipinski definition) is 1. The van der Waals surface area contributed by atoms with Gasteiger partial charge in [-0.3, -0.25) is 14.4 Å². The molecule has 26 heavy (non-hydrogen) atoms. The maximum Gasteiger partial charge on any atom is 0.294 e. The lowest BCUT2D eigenvalue weighted by Crippen LogP contribution is -2.26. The molecule has 3 rings (SSSR count). The van der Waals surface area contributed by atoms with Gasteiger partial charge in [0.15, 0.2) is 0 Å². The predicted octanol–water partition coefficient (Wildman–Crippen LogP) is 3.63. The largest absolute Gasteiger partial charge is 0.379 e. The van der Waals surface area contributed by atoms with E-state index >= 15 is 0 Å². The summed E-state index contributed by atoms with van der Waals surface area (Å²) in [5, 5.41) is 14.6. The summed E-state index contributed by atoms with van der Waals surface area (Å²) in [4.78, 5) is 11.1. The van der Waals surface area contributed by atoms with Crippen molar-refractivity contribution in [3.05, 3.63) is 58.6 Å². The third kappa shape index (κ3) is 3.65. The lowest BCUT2D eigenvalue weighted by Gasteiger charge is -2.26. The maximum absolute atomic E-state index is 12.7. The van der Waals surface area contributed by atoms with E-state index in [4.69, 9.17) is 0 Å². The quantitative estimate of drug-likeness (QED) is 0.589. The Kier molecular flexibility index (Phi) is 5.13. The molecule has 7 nitrogen and oxygen atoms in total. The number of nitrogens with one attached hydrogen (secondary N) is 1. The lowest BCUT2D eigenvalue weighted by molar-refractivity contribution is -0.383. The van der Waals surface area contributed by atoms with Gasteiger partial charge in [-0.15, -0.1) is 0 Å². The van der Waals surface area contributed by atoms with E-state index in [1.165, 1.54) is 31.7 Å². The summed E-state index contributed by atoms with van der Waals surface area (Å²) in [6, 6.07) is 12.4. The predicted molar refractivity (Wildman–Crippen MR) is 101 cm³/mol. The van der Waals surface area contributed by atoms with Crippen LogP contribution < -0.4 is 9.62 Å². The SMILES string of the molecule is CN(c1ccc(NCC2CCC2)c([N+](=O)[O-])c1)S(=O)(=O)c1ccccc1. The normalized spacial score (nSPS) is 14.5. The van der Waals surface area contributed by atoms with Crippen LogP contribution in [0.4, 0.5) is 17.1 Å². The van der Waals surface area contributed by atoms with E-state index in [1.807, 2.05) is 0 Å². The van der Waals surface area contributed by atoms with Gasteiger partial charge in [-0.1, -0.05) is 24.6 Å². The molecular weight excluding hydrogens is 354 g/mol. The summed E-state index contributed by atoms with van der Waals surface area (Å²) in [7, 11) is -2.39. The van der Waals surface area contributed by atoms with Crippen LogP contribution in [-0.4, -0.2) is 26.9 Å². The Morgan fingerprint density at radius 3 is 2.46 bits per heavy atom. The van der Waals surface area contributed by atoms with Crippen LogP contribution in [0.3, 0.4) is 0 Å². The first-order chi connectivity index (χ1) is 12.4. The van der Waals surface area contributed by atoms with Crippen molar-refractivity contribution in [1.29, 1.82) is 0 Å². The fraction of sp³-hybridized carbons (Fsp3) is 0.333. The van der Waals surface area contributed by atoms with Crippen LogP contribution in [0.5, 0.6) is 0 Å². The van der Waals surface area contributed by atoms with Crippen LogP contribution in [0.2, 0.25) is 0 Å². The van der Waals surface area contributed by atoms with Gasteiger partial charge in [0.25, 0.3) is 15.7 Å². The van der Waals surface area contributed by atoms with Crippen LogP contribution in [0.15, 0.2) is 53.4 Å². The number of nitro groups is 1. The number of nitrogens with zero attached hydrogens (tertiary/aromatic N) is 2. The highest BCUT2D eigenvalue weighted by Gasteiger charge is 2.25. The molecular formula is C18H21N3O4S. The average molecular weight is 375 g/mol. The first kappa shape index (κ1) is 18.2. The summed E-state index contributed by atoms with van der Waals surface area (Å²) in [5.74, 6) is 0.551. The van der Waals surface area contributed by atoms with Crippen molar-refractivity contribution in [2.24, 2.45) is 5.92 Å². The highest BCUT2D eigenvalue weighted by atomic mass is 32.2. The van der Waals surface area contributed by atoms with Gasteiger partial charge in [-0.25, -0.2) is 8.42 Å². The van der Waals surface area contributed by atoms with E-state index in [-0.39, 0.29) is 16.3 Å². The van der Waals surface area contributed by atoms with Gasteiger partial charge in [0.1, 0.15) is 5.69 Å².